The Bertz CT molecular complexity index is 1080. The summed E-state index contributed by atoms with van der Waals surface area (Å²) in [6, 6.07) is 28.4. The first-order valence-electron chi connectivity index (χ1n) is 10.4. The van der Waals surface area contributed by atoms with Crippen LogP contribution in [0.25, 0.3) is 0 Å². The van der Waals surface area contributed by atoms with Crippen LogP contribution in [-0.2, 0) is 4.79 Å². The van der Waals surface area contributed by atoms with E-state index >= 15 is 0 Å². The fourth-order valence-electron chi connectivity index (χ4n) is 3.46. The normalized spacial score (nSPS) is 15.0. The lowest BCUT2D eigenvalue weighted by molar-refractivity contribution is -0.117. The highest BCUT2D eigenvalue weighted by atomic mass is 16.6. The van der Waals surface area contributed by atoms with Gasteiger partial charge >= 0.3 is 0 Å². The van der Waals surface area contributed by atoms with Crippen molar-refractivity contribution < 1.29 is 14.3 Å². The van der Waals surface area contributed by atoms with Gasteiger partial charge in [0.1, 0.15) is 24.4 Å². The minimum atomic E-state index is -0.455. The van der Waals surface area contributed by atoms with Crippen LogP contribution < -0.4 is 20.1 Å². The molecule has 0 aromatic heterocycles. The fourth-order valence-corrected chi connectivity index (χ4v) is 3.46. The molecular formula is C26H23N3O3. The quantitative estimate of drug-likeness (QED) is 0.445. The fraction of sp³-hybridized carbons (Fsp3) is 0.154. The third-order valence-electron chi connectivity index (χ3n) is 5.07. The number of nitrogens with one attached hydrogen (secondary N) is 2. The summed E-state index contributed by atoms with van der Waals surface area (Å²) in [5.41, 5.74) is 1.85. The second-order valence-corrected chi connectivity index (χ2v) is 7.30. The van der Waals surface area contributed by atoms with Gasteiger partial charge in [-0.15, -0.1) is 0 Å². The maximum absolute atomic E-state index is 12.9. The molecule has 1 aliphatic heterocycles. The van der Waals surface area contributed by atoms with E-state index in [9.17, 15) is 10.1 Å². The van der Waals surface area contributed by atoms with Crippen molar-refractivity contribution in [1.29, 1.82) is 5.26 Å². The molecule has 3 aromatic carbocycles. The highest BCUT2D eigenvalue weighted by Gasteiger charge is 2.21. The number of nitrogens with zero attached hydrogens (tertiary/aromatic N) is 1. The Hall–Kier alpha value is -4.24. The molecule has 1 unspecified atom stereocenters. The second kappa shape index (κ2) is 10.2. The van der Waals surface area contributed by atoms with E-state index in [0.717, 1.165) is 11.1 Å². The van der Waals surface area contributed by atoms with Crippen LogP contribution in [-0.4, -0.2) is 25.2 Å². The number of hydrogen-bond acceptors (Lipinski definition) is 5. The monoisotopic (exact) mass is 425 g/mol. The molecule has 3 aromatic rings. The van der Waals surface area contributed by atoms with Gasteiger partial charge in [-0.25, -0.2) is 0 Å². The first kappa shape index (κ1) is 21.0. The molecule has 1 aliphatic rings. The molecule has 0 aliphatic carbocycles. The van der Waals surface area contributed by atoms with Crippen LogP contribution in [0.4, 0.5) is 0 Å². The molecule has 0 fully saturated rings. The highest BCUT2D eigenvalue weighted by molar-refractivity contribution is 5.97. The second-order valence-electron chi connectivity index (χ2n) is 7.30. The van der Waals surface area contributed by atoms with Crippen LogP contribution in [0.1, 0.15) is 17.2 Å². The number of amides is 1. The van der Waals surface area contributed by atoms with E-state index in [4.69, 9.17) is 9.47 Å². The number of para-hydroxylation sites is 2. The van der Waals surface area contributed by atoms with Crippen molar-refractivity contribution in [3.63, 3.8) is 0 Å². The van der Waals surface area contributed by atoms with E-state index < -0.39 is 5.91 Å². The summed E-state index contributed by atoms with van der Waals surface area (Å²) in [7, 11) is 0. The van der Waals surface area contributed by atoms with Gasteiger partial charge in [-0.2, -0.15) is 5.26 Å². The van der Waals surface area contributed by atoms with Crippen molar-refractivity contribution in [3.05, 3.63) is 108 Å². The minimum Gasteiger partial charge on any atom is -0.486 e. The molecule has 6 nitrogen and oxygen atoms in total. The van der Waals surface area contributed by atoms with Crippen LogP contribution in [0.2, 0.25) is 0 Å². The Labute approximate surface area is 187 Å². The Balaban J connectivity index is 1.41. The van der Waals surface area contributed by atoms with Crippen molar-refractivity contribution in [3.8, 4) is 17.6 Å². The molecule has 0 spiro atoms. The summed E-state index contributed by atoms with van der Waals surface area (Å²) in [6.07, 6.45) is 1.19. The molecule has 1 amide bonds. The SMILES string of the molecule is N#C/C(=C/NCC1COc2ccccc2O1)C(=O)NC(c1ccccc1)c1ccccc1. The maximum Gasteiger partial charge on any atom is 0.264 e. The van der Waals surface area contributed by atoms with Crippen LogP contribution in [0.3, 0.4) is 0 Å². The molecular weight excluding hydrogens is 402 g/mol. The Kier molecular flexibility index (Phi) is 6.69. The molecule has 0 saturated heterocycles. The van der Waals surface area contributed by atoms with Crippen molar-refractivity contribution in [2.75, 3.05) is 13.2 Å². The summed E-state index contributed by atoms with van der Waals surface area (Å²) in [5, 5.41) is 15.5. The molecule has 32 heavy (non-hydrogen) atoms. The Morgan fingerprint density at radius 2 is 1.56 bits per heavy atom. The third-order valence-corrected chi connectivity index (χ3v) is 5.07. The van der Waals surface area contributed by atoms with Gasteiger partial charge in [0.05, 0.1) is 12.6 Å². The molecule has 6 heteroatoms. The van der Waals surface area contributed by atoms with Gasteiger partial charge in [0, 0.05) is 6.20 Å². The van der Waals surface area contributed by atoms with Crippen LogP contribution >= 0.6 is 0 Å². The van der Waals surface area contributed by atoms with Crippen molar-refractivity contribution >= 4 is 5.91 Å². The van der Waals surface area contributed by atoms with Crippen LogP contribution in [0, 0.1) is 11.3 Å². The lowest BCUT2D eigenvalue weighted by Crippen LogP contribution is -2.37. The van der Waals surface area contributed by atoms with Gasteiger partial charge in [-0.1, -0.05) is 72.8 Å². The Morgan fingerprint density at radius 1 is 0.969 bits per heavy atom. The number of fused-ring (bicyclic) bond motifs is 1. The van der Waals surface area contributed by atoms with E-state index in [1.54, 1.807) is 0 Å². The van der Waals surface area contributed by atoms with E-state index in [2.05, 4.69) is 10.6 Å². The Morgan fingerprint density at radius 3 is 2.19 bits per heavy atom. The predicted octanol–water partition coefficient (Wildman–Crippen LogP) is 3.73. The van der Waals surface area contributed by atoms with Gasteiger partial charge in [0.15, 0.2) is 11.5 Å². The molecule has 0 saturated carbocycles. The molecule has 0 radical (unpaired) electrons. The lowest BCUT2D eigenvalue weighted by Gasteiger charge is -2.26. The summed E-state index contributed by atoms with van der Waals surface area (Å²) in [6.45, 7) is 0.781. The van der Waals surface area contributed by atoms with Gasteiger partial charge < -0.3 is 20.1 Å². The van der Waals surface area contributed by atoms with E-state index in [0.29, 0.717) is 24.7 Å². The largest absolute Gasteiger partial charge is 0.486 e. The number of benzene rings is 3. The summed E-state index contributed by atoms with van der Waals surface area (Å²) in [4.78, 5) is 12.9. The van der Waals surface area contributed by atoms with E-state index in [-0.39, 0.29) is 17.7 Å². The smallest absolute Gasteiger partial charge is 0.264 e. The standard InChI is InChI=1S/C26H23N3O3/c27-15-21(16-28-17-22-18-31-23-13-7-8-14-24(23)32-22)26(30)29-25(19-9-3-1-4-10-19)20-11-5-2-6-12-20/h1-14,16,22,25,28H,17-18H2,(H,29,30)/b21-16-. The van der Waals surface area contributed by atoms with Gasteiger partial charge in [-0.05, 0) is 23.3 Å². The third kappa shape index (κ3) is 5.08. The highest BCUT2D eigenvalue weighted by Crippen LogP contribution is 2.30. The number of rotatable bonds is 7. The van der Waals surface area contributed by atoms with Gasteiger partial charge in [0.25, 0.3) is 5.91 Å². The molecule has 160 valence electrons. The number of carbonyl (C=O) groups is 1. The lowest BCUT2D eigenvalue weighted by atomic mass is 9.98. The van der Waals surface area contributed by atoms with Gasteiger partial charge in [0.2, 0.25) is 0 Å². The van der Waals surface area contributed by atoms with Crippen LogP contribution in [0.5, 0.6) is 11.5 Å². The number of hydrogen-bond donors (Lipinski definition) is 2. The summed E-state index contributed by atoms with van der Waals surface area (Å²) < 4.78 is 11.6. The average Bonchev–Trinajstić information content (AvgIpc) is 2.86. The molecule has 1 heterocycles. The molecule has 2 N–H and O–H groups in total. The topological polar surface area (TPSA) is 83.4 Å². The number of carbonyl (C=O) groups excluding carboxylic acids is 1. The number of nitriles is 1. The summed E-state index contributed by atoms with van der Waals surface area (Å²) >= 11 is 0. The molecule has 1 atom stereocenters. The first-order chi connectivity index (χ1) is 15.7. The predicted molar refractivity (Wildman–Crippen MR) is 121 cm³/mol. The van der Waals surface area contributed by atoms with Crippen molar-refractivity contribution in [2.45, 2.75) is 12.1 Å². The van der Waals surface area contributed by atoms with Crippen molar-refractivity contribution in [1.82, 2.24) is 10.6 Å². The van der Waals surface area contributed by atoms with E-state index in [1.807, 2.05) is 91.0 Å². The number of ether oxygens (including phenoxy) is 2. The average molecular weight is 425 g/mol. The molecule has 0 bridgehead atoms. The zero-order chi connectivity index (χ0) is 22.2. The molecule has 4 rings (SSSR count). The zero-order valence-electron chi connectivity index (χ0n) is 17.4. The maximum atomic E-state index is 12.9. The van der Waals surface area contributed by atoms with Gasteiger partial charge in [-0.3, -0.25) is 4.79 Å². The van der Waals surface area contributed by atoms with Crippen LogP contribution in [0.15, 0.2) is 96.7 Å². The summed E-state index contributed by atoms with van der Waals surface area (Å²) in [5.74, 6) is 0.939. The van der Waals surface area contributed by atoms with E-state index in [1.165, 1.54) is 6.20 Å². The van der Waals surface area contributed by atoms with Crippen molar-refractivity contribution in [2.24, 2.45) is 0 Å². The minimum absolute atomic E-state index is 0.0148. The first-order valence-corrected chi connectivity index (χ1v) is 10.4. The zero-order valence-corrected chi connectivity index (χ0v) is 17.4.